The number of aromatic nitrogens is 4. The molecule has 0 aliphatic rings. The van der Waals surface area contributed by atoms with E-state index in [9.17, 15) is 14.0 Å². The Morgan fingerprint density at radius 3 is 2.43 bits per heavy atom. The van der Waals surface area contributed by atoms with Crippen LogP contribution in [0.1, 0.15) is 0 Å². The second-order valence-corrected chi connectivity index (χ2v) is 5.93. The van der Waals surface area contributed by atoms with Crippen molar-refractivity contribution in [2.75, 3.05) is 6.61 Å². The number of carbonyl (C=O) groups excluding carboxylic acids is 2. The first-order valence-electron chi connectivity index (χ1n) is 7.99. The summed E-state index contributed by atoms with van der Waals surface area (Å²) < 4.78 is 18.2. The zero-order chi connectivity index (χ0) is 19.9. The van der Waals surface area contributed by atoms with Crippen LogP contribution in [-0.2, 0) is 16.1 Å². The second kappa shape index (κ2) is 8.91. The predicted octanol–water partition coefficient (Wildman–Crippen LogP) is 1.36. The zero-order valence-corrected chi connectivity index (χ0v) is 15.1. The van der Waals surface area contributed by atoms with Gasteiger partial charge >= 0.3 is 0 Å². The highest BCUT2D eigenvalue weighted by atomic mass is 35.5. The first-order chi connectivity index (χ1) is 13.5. The Labute approximate surface area is 163 Å². The Balaban J connectivity index is 1.43. The van der Waals surface area contributed by atoms with E-state index in [2.05, 4.69) is 26.3 Å². The van der Waals surface area contributed by atoms with E-state index < -0.39 is 11.8 Å². The van der Waals surface area contributed by atoms with Gasteiger partial charge < -0.3 is 4.74 Å². The van der Waals surface area contributed by atoms with Gasteiger partial charge in [-0.1, -0.05) is 11.6 Å². The van der Waals surface area contributed by atoms with Crippen LogP contribution in [0, 0.1) is 5.82 Å². The molecule has 28 heavy (non-hydrogen) atoms. The third-order valence-electron chi connectivity index (χ3n) is 3.37. The van der Waals surface area contributed by atoms with Crippen molar-refractivity contribution in [2.24, 2.45) is 0 Å². The van der Waals surface area contributed by atoms with Crippen molar-refractivity contribution >= 4 is 23.4 Å². The summed E-state index contributed by atoms with van der Waals surface area (Å²) in [5, 5.41) is 12.1. The highest BCUT2D eigenvalue weighted by Gasteiger charge is 2.10. The molecule has 3 aromatic rings. The smallest absolute Gasteiger partial charge is 0.276 e. The number of nitrogens with one attached hydrogen (secondary N) is 2. The van der Waals surface area contributed by atoms with Crippen LogP contribution in [0.5, 0.6) is 5.75 Å². The van der Waals surface area contributed by atoms with Gasteiger partial charge in [-0.15, -0.1) is 10.2 Å². The van der Waals surface area contributed by atoms with Gasteiger partial charge in [0, 0.05) is 10.6 Å². The number of tetrazole rings is 1. The number of benzene rings is 2. The maximum atomic E-state index is 12.9. The monoisotopic (exact) mass is 404 g/mol. The maximum Gasteiger partial charge on any atom is 0.276 e. The van der Waals surface area contributed by atoms with E-state index in [0.717, 1.165) is 4.80 Å². The molecule has 2 N–H and O–H groups in total. The van der Waals surface area contributed by atoms with Gasteiger partial charge in [0.15, 0.2) is 6.61 Å². The number of carbonyl (C=O) groups is 2. The molecule has 144 valence electrons. The lowest BCUT2D eigenvalue weighted by molar-refractivity contribution is -0.130. The maximum absolute atomic E-state index is 12.9. The molecule has 0 saturated heterocycles. The van der Waals surface area contributed by atoms with Crippen molar-refractivity contribution in [1.82, 2.24) is 31.1 Å². The molecule has 0 aliphatic heterocycles. The minimum atomic E-state index is -0.567. The van der Waals surface area contributed by atoms with Crippen LogP contribution in [0.2, 0.25) is 5.02 Å². The average Bonchev–Trinajstić information content (AvgIpc) is 3.15. The van der Waals surface area contributed by atoms with Crippen LogP contribution in [0.25, 0.3) is 11.4 Å². The molecule has 11 heteroatoms. The molecule has 2 amide bonds. The van der Waals surface area contributed by atoms with Gasteiger partial charge in [0.1, 0.15) is 18.1 Å². The lowest BCUT2D eigenvalue weighted by atomic mass is 10.2. The van der Waals surface area contributed by atoms with Crippen molar-refractivity contribution in [1.29, 1.82) is 0 Å². The molecule has 1 heterocycles. The molecule has 0 saturated carbocycles. The van der Waals surface area contributed by atoms with Gasteiger partial charge in [0.25, 0.3) is 11.8 Å². The molecule has 0 spiro atoms. The summed E-state index contributed by atoms with van der Waals surface area (Å²) in [5.74, 6) is -0.796. The summed E-state index contributed by atoms with van der Waals surface area (Å²) in [4.78, 5) is 24.6. The standard InChI is InChI=1S/C17H14ClFN6O3/c18-12-3-7-14(8-4-12)28-10-16(27)21-20-15(26)9-25-23-17(22-24-25)11-1-5-13(19)6-2-11/h1-8H,9-10H2,(H,20,26)(H,21,27). The van der Waals surface area contributed by atoms with Gasteiger partial charge in [-0.3, -0.25) is 20.4 Å². The summed E-state index contributed by atoms with van der Waals surface area (Å²) >= 11 is 5.75. The minimum absolute atomic E-state index is 0.244. The molecule has 9 nitrogen and oxygen atoms in total. The fourth-order valence-corrected chi connectivity index (χ4v) is 2.17. The van der Waals surface area contributed by atoms with Crippen LogP contribution in [0.3, 0.4) is 0 Å². The van der Waals surface area contributed by atoms with Crippen LogP contribution in [0.4, 0.5) is 4.39 Å². The largest absolute Gasteiger partial charge is 0.484 e. The first kappa shape index (κ1) is 19.2. The highest BCUT2D eigenvalue weighted by molar-refractivity contribution is 6.30. The first-order valence-corrected chi connectivity index (χ1v) is 8.37. The number of amides is 2. The van der Waals surface area contributed by atoms with Crippen molar-refractivity contribution in [3.05, 3.63) is 59.4 Å². The van der Waals surface area contributed by atoms with Crippen molar-refractivity contribution in [3.63, 3.8) is 0 Å². The van der Waals surface area contributed by atoms with Crippen molar-refractivity contribution in [3.8, 4) is 17.1 Å². The number of hydrazine groups is 1. The van der Waals surface area contributed by atoms with E-state index >= 15 is 0 Å². The molecule has 0 bridgehead atoms. The Bertz CT molecular complexity index is 962. The van der Waals surface area contributed by atoms with E-state index in [-0.39, 0.29) is 24.8 Å². The molecule has 3 rings (SSSR count). The number of hydrogen-bond acceptors (Lipinski definition) is 6. The highest BCUT2D eigenvalue weighted by Crippen LogP contribution is 2.15. The molecular weight excluding hydrogens is 391 g/mol. The van der Waals surface area contributed by atoms with Gasteiger partial charge in [-0.05, 0) is 53.7 Å². The van der Waals surface area contributed by atoms with Crippen molar-refractivity contribution < 1.29 is 18.7 Å². The molecule has 0 atom stereocenters. The third-order valence-corrected chi connectivity index (χ3v) is 3.62. The second-order valence-electron chi connectivity index (χ2n) is 5.49. The number of hydrogen-bond donors (Lipinski definition) is 2. The van der Waals surface area contributed by atoms with E-state index in [0.29, 0.717) is 16.3 Å². The average molecular weight is 405 g/mol. The summed E-state index contributed by atoms with van der Waals surface area (Å²) in [5.41, 5.74) is 4.98. The molecule has 0 radical (unpaired) electrons. The van der Waals surface area contributed by atoms with Gasteiger partial charge in [-0.25, -0.2) is 4.39 Å². The van der Waals surface area contributed by atoms with Crippen LogP contribution >= 0.6 is 11.6 Å². The van der Waals surface area contributed by atoms with E-state index in [4.69, 9.17) is 16.3 Å². The van der Waals surface area contributed by atoms with Gasteiger partial charge in [0.05, 0.1) is 0 Å². The Morgan fingerprint density at radius 1 is 1.04 bits per heavy atom. The third kappa shape index (κ3) is 5.48. The molecule has 0 aliphatic carbocycles. The summed E-state index contributed by atoms with van der Waals surface area (Å²) in [6.07, 6.45) is 0. The molecule has 0 fully saturated rings. The topological polar surface area (TPSA) is 111 Å². The van der Waals surface area contributed by atoms with Crippen molar-refractivity contribution in [2.45, 2.75) is 6.54 Å². The molecular formula is C17H14ClFN6O3. The predicted molar refractivity (Wildman–Crippen MR) is 96.4 cm³/mol. The fraction of sp³-hybridized carbons (Fsp3) is 0.118. The number of ether oxygens (including phenoxy) is 1. The van der Waals surface area contributed by atoms with E-state index in [1.54, 1.807) is 24.3 Å². The minimum Gasteiger partial charge on any atom is -0.484 e. The number of rotatable bonds is 6. The molecule has 1 aromatic heterocycles. The number of nitrogens with zero attached hydrogens (tertiary/aromatic N) is 4. The van der Waals surface area contributed by atoms with Crippen LogP contribution in [-0.4, -0.2) is 38.6 Å². The van der Waals surface area contributed by atoms with Crippen LogP contribution in [0.15, 0.2) is 48.5 Å². The molecule has 2 aromatic carbocycles. The summed E-state index contributed by atoms with van der Waals surface area (Å²) in [6.45, 7) is -0.565. The fourth-order valence-electron chi connectivity index (χ4n) is 2.05. The lowest BCUT2D eigenvalue weighted by Crippen LogP contribution is -2.45. The van der Waals surface area contributed by atoms with Crippen LogP contribution < -0.4 is 15.6 Å². The summed E-state index contributed by atoms with van der Waals surface area (Å²) in [7, 11) is 0. The normalized spacial score (nSPS) is 10.4. The quantitative estimate of drug-likeness (QED) is 0.600. The Morgan fingerprint density at radius 2 is 1.71 bits per heavy atom. The Hall–Kier alpha value is -3.53. The van der Waals surface area contributed by atoms with Gasteiger partial charge in [-0.2, -0.15) is 4.80 Å². The SMILES string of the molecule is O=C(COc1ccc(Cl)cc1)NNC(=O)Cn1nnc(-c2ccc(F)cc2)n1. The lowest BCUT2D eigenvalue weighted by Gasteiger charge is -2.08. The summed E-state index contributed by atoms with van der Waals surface area (Å²) in [6, 6.07) is 12.0. The van der Waals surface area contributed by atoms with Gasteiger partial charge in [0.2, 0.25) is 5.82 Å². The Kier molecular flexibility index (Phi) is 6.12. The van der Waals surface area contributed by atoms with E-state index in [1.807, 2.05) is 0 Å². The van der Waals surface area contributed by atoms with E-state index in [1.165, 1.54) is 24.3 Å². The molecule has 0 unspecified atom stereocenters. The zero-order valence-electron chi connectivity index (χ0n) is 14.3. The number of halogens is 2.